The average molecular weight is 337 g/mol. The van der Waals surface area contributed by atoms with Gasteiger partial charge in [-0.3, -0.25) is 14.7 Å². The first-order valence-corrected chi connectivity index (χ1v) is 8.92. The number of ether oxygens (including phenoxy) is 1. The molecule has 5 nitrogen and oxygen atoms in total. The van der Waals surface area contributed by atoms with Crippen molar-refractivity contribution in [2.45, 2.75) is 37.6 Å². The maximum atomic E-state index is 12.9. The van der Waals surface area contributed by atoms with Gasteiger partial charge in [0.2, 0.25) is 0 Å². The average Bonchev–Trinajstić information content (AvgIpc) is 3.52. The number of carbonyl (C=O) groups is 1. The Balaban J connectivity index is 1.52. The summed E-state index contributed by atoms with van der Waals surface area (Å²) in [6.45, 7) is 1.96. The second-order valence-electron chi connectivity index (χ2n) is 6.69. The molecule has 2 heterocycles. The second kappa shape index (κ2) is 7.33. The van der Waals surface area contributed by atoms with Crippen LogP contribution in [0.15, 0.2) is 54.9 Å². The minimum Gasteiger partial charge on any atom is -0.365 e. The van der Waals surface area contributed by atoms with E-state index in [0.717, 1.165) is 17.7 Å². The van der Waals surface area contributed by atoms with Gasteiger partial charge in [-0.25, -0.2) is 0 Å². The molecule has 130 valence electrons. The van der Waals surface area contributed by atoms with Gasteiger partial charge in [-0.2, -0.15) is 0 Å². The van der Waals surface area contributed by atoms with Crippen molar-refractivity contribution < 1.29 is 9.53 Å². The molecule has 0 radical (unpaired) electrons. The molecule has 5 heteroatoms. The van der Waals surface area contributed by atoms with E-state index in [1.165, 1.54) is 12.8 Å². The minimum atomic E-state index is -0.478. The quantitative estimate of drug-likeness (QED) is 0.910. The van der Waals surface area contributed by atoms with Crippen LogP contribution in [-0.4, -0.2) is 41.1 Å². The van der Waals surface area contributed by atoms with Crippen molar-refractivity contribution in [2.75, 3.05) is 13.2 Å². The molecule has 1 N–H and O–H groups in total. The number of hydrogen-bond acceptors (Lipinski definition) is 4. The van der Waals surface area contributed by atoms with Crippen LogP contribution in [0.1, 0.15) is 30.0 Å². The Morgan fingerprint density at radius 1 is 1.20 bits per heavy atom. The molecule has 25 heavy (non-hydrogen) atoms. The molecule has 2 aliphatic rings. The molecule has 0 spiro atoms. The number of hydrogen-bond donors (Lipinski definition) is 1. The molecule has 0 bridgehead atoms. The van der Waals surface area contributed by atoms with Crippen LogP contribution in [0.3, 0.4) is 0 Å². The molecular formula is C20H23N3O2. The molecule has 2 fully saturated rings. The van der Waals surface area contributed by atoms with Crippen LogP contribution in [0.25, 0.3) is 0 Å². The molecule has 1 amide bonds. The first-order valence-electron chi connectivity index (χ1n) is 8.92. The van der Waals surface area contributed by atoms with Gasteiger partial charge < -0.3 is 10.1 Å². The topological polar surface area (TPSA) is 54.5 Å². The fraction of sp³-hybridized carbons (Fsp3) is 0.400. The summed E-state index contributed by atoms with van der Waals surface area (Å²) < 4.78 is 5.93. The Kier molecular flexibility index (Phi) is 4.76. The number of morpholine rings is 1. The van der Waals surface area contributed by atoms with Gasteiger partial charge in [0.15, 0.2) is 6.10 Å². The maximum Gasteiger partial charge on any atom is 0.251 e. The molecule has 2 atom stereocenters. The summed E-state index contributed by atoms with van der Waals surface area (Å²) in [5.74, 6) is -0.0527. The highest BCUT2D eigenvalue weighted by molar-refractivity contribution is 5.82. The van der Waals surface area contributed by atoms with Crippen molar-refractivity contribution in [3.05, 3.63) is 66.0 Å². The Morgan fingerprint density at radius 3 is 2.76 bits per heavy atom. The number of amides is 1. The van der Waals surface area contributed by atoms with Gasteiger partial charge in [-0.15, -0.1) is 0 Å². The highest BCUT2D eigenvalue weighted by Crippen LogP contribution is 2.38. The van der Waals surface area contributed by atoms with Crippen molar-refractivity contribution in [2.24, 2.45) is 0 Å². The highest BCUT2D eigenvalue weighted by atomic mass is 16.5. The molecular weight excluding hydrogens is 314 g/mol. The van der Waals surface area contributed by atoms with Gasteiger partial charge in [-0.05, 0) is 30.0 Å². The molecule has 2 aromatic rings. The minimum absolute atomic E-state index is 0.0173. The molecule has 4 rings (SSSR count). The van der Waals surface area contributed by atoms with Crippen molar-refractivity contribution in [3.8, 4) is 0 Å². The van der Waals surface area contributed by atoms with Crippen LogP contribution in [-0.2, 0) is 16.1 Å². The Morgan fingerprint density at radius 2 is 2.04 bits per heavy atom. The Bertz CT molecular complexity index is 703. The van der Waals surface area contributed by atoms with E-state index in [-0.39, 0.29) is 11.9 Å². The molecule has 1 aromatic carbocycles. The van der Waals surface area contributed by atoms with Gasteiger partial charge in [0.1, 0.15) is 0 Å². The molecule has 1 aliphatic heterocycles. The van der Waals surface area contributed by atoms with Gasteiger partial charge in [-0.1, -0.05) is 36.4 Å². The van der Waals surface area contributed by atoms with Crippen LogP contribution in [0, 0.1) is 0 Å². The van der Waals surface area contributed by atoms with E-state index < -0.39 is 6.10 Å². The SMILES string of the molecule is O=C(NCc1cccnc1)[C@@H]1OCCN(C2CC2)[C@H]1c1ccccc1. The molecule has 1 aromatic heterocycles. The fourth-order valence-corrected chi connectivity index (χ4v) is 3.53. The maximum absolute atomic E-state index is 12.9. The lowest BCUT2D eigenvalue weighted by atomic mass is 9.97. The number of nitrogens with one attached hydrogen (secondary N) is 1. The summed E-state index contributed by atoms with van der Waals surface area (Å²) in [7, 11) is 0. The Labute approximate surface area is 148 Å². The highest BCUT2D eigenvalue weighted by Gasteiger charge is 2.43. The van der Waals surface area contributed by atoms with Crippen molar-refractivity contribution in [1.29, 1.82) is 0 Å². The van der Waals surface area contributed by atoms with E-state index in [1.54, 1.807) is 12.4 Å². The van der Waals surface area contributed by atoms with Crippen molar-refractivity contribution in [1.82, 2.24) is 15.2 Å². The number of benzene rings is 1. The predicted molar refractivity (Wildman–Crippen MR) is 94.7 cm³/mol. The summed E-state index contributed by atoms with van der Waals surface area (Å²) in [5, 5.41) is 3.02. The molecule has 0 unspecified atom stereocenters. The standard InChI is InChI=1S/C20H23N3O2/c24-20(22-14-15-5-4-10-21-13-15)19-18(16-6-2-1-3-7-16)23(11-12-25-19)17-8-9-17/h1-7,10,13,17-19H,8-9,11-12,14H2,(H,22,24)/t18-,19+/m0/s1. The second-order valence-corrected chi connectivity index (χ2v) is 6.69. The third kappa shape index (κ3) is 3.72. The summed E-state index contributed by atoms with van der Waals surface area (Å²) in [6.07, 6.45) is 5.45. The zero-order valence-corrected chi connectivity index (χ0v) is 14.2. The molecule has 1 aliphatic carbocycles. The van der Waals surface area contributed by atoms with Gasteiger partial charge in [0, 0.05) is 31.5 Å². The fourth-order valence-electron chi connectivity index (χ4n) is 3.53. The molecule has 1 saturated heterocycles. The van der Waals surface area contributed by atoms with Crippen molar-refractivity contribution >= 4 is 5.91 Å². The first-order chi connectivity index (χ1) is 12.3. The van der Waals surface area contributed by atoms with Crippen molar-refractivity contribution in [3.63, 3.8) is 0 Å². The van der Waals surface area contributed by atoms with Gasteiger partial charge >= 0.3 is 0 Å². The van der Waals surface area contributed by atoms with Crippen LogP contribution >= 0.6 is 0 Å². The monoisotopic (exact) mass is 337 g/mol. The smallest absolute Gasteiger partial charge is 0.251 e. The Hall–Kier alpha value is -2.24. The number of nitrogens with zero attached hydrogens (tertiary/aromatic N) is 2. The lowest BCUT2D eigenvalue weighted by Gasteiger charge is -2.41. The summed E-state index contributed by atoms with van der Waals surface area (Å²) >= 11 is 0. The summed E-state index contributed by atoms with van der Waals surface area (Å²) in [6, 6.07) is 14.6. The van der Waals surface area contributed by atoms with E-state index in [4.69, 9.17) is 4.74 Å². The van der Waals surface area contributed by atoms with E-state index in [9.17, 15) is 4.79 Å². The lowest BCUT2D eigenvalue weighted by molar-refractivity contribution is -0.146. The summed E-state index contributed by atoms with van der Waals surface area (Å²) in [5.41, 5.74) is 2.14. The van der Waals surface area contributed by atoms with E-state index in [2.05, 4.69) is 27.3 Å². The third-order valence-corrected chi connectivity index (χ3v) is 4.90. The number of carbonyl (C=O) groups excluding carboxylic acids is 1. The number of aromatic nitrogens is 1. The van der Waals surface area contributed by atoms with Crippen LogP contribution in [0.2, 0.25) is 0 Å². The number of pyridine rings is 1. The van der Waals surface area contributed by atoms with E-state index in [1.807, 2.05) is 30.3 Å². The third-order valence-electron chi connectivity index (χ3n) is 4.90. The summed E-state index contributed by atoms with van der Waals surface area (Å²) in [4.78, 5) is 19.4. The lowest BCUT2D eigenvalue weighted by Crippen LogP contribution is -2.52. The first kappa shape index (κ1) is 16.2. The number of rotatable bonds is 5. The van der Waals surface area contributed by atoms with E-state index >= 15 is 0 Å². The molecule has 1 saturated carbocycles. The van der Waals surface area contributed by atoms with Crippen LogP contribution in [0.5, 0.6) is 0 Å². The van der Waals surface area contributed by atoms with Gasteiger partial charge in [0.25, 0.3) is 5.91 Å². The zero-order chi connectivity index (χ0) is 17.1. The zero-order valence-electron chi connectivity index (χ0n) is 14.2. The van der Waals surface area contributed by atoms with E-state index in [0.29, 0.717) is 19.2 Å². The predicted octanol–water partition coefficient (Wildman–Crippen LogP) is 2.30. The van der Waals surface area contributed by atoms with Crippen LogP contribution in [0.4, 0.5) is 0 Å². The normalized spacial score (nSPS) is 24.0. The van der Waals surface area contributed by atoms with Gasteiger partial charge in [0.05, 0.1) is 12.6 Å². The largest absolute Gasteiger partial charge is 0.365 e. The van der Waals surface area contributed by atoms with Crippen LogP contribution < -0.4 is 5.32 Å².